The molecule has 0 aliphatic carbocycles. The van der Waals surface area contributed by atoms with Gasteiger partial charge in [0.15, 0.2) is 0 Å². The maximum Gasteiger partial charge on any atom is 0.257 e. The van der Waals surface area contributed by atoms with Crippen molar-refractivity contribution >= 4 is 11.6 Å². The zero-order valence-corrected chi connectivity index (χ0v) is 13.1. The van der Waals surface area contributed by atoms with Gasteiger partial charge in [-0.15, -0.1) is 0 Å². The molecule has 3 rings (SSSR count). The van der Waals surface area contributed by atoms with Crippen LogP contribution < -0.4 is 15.6 Å². The number of pyridine rings is 1. The van der Waals surface area contributed by atoms with Crippen molar-refractivity contribution in [2.75, 3.05) is 5.32 Å². The molecular formula is C19H16N2O3. The predicted octanol–water partition coefficient (Wildman–Crippen LogP) is 3.43. The molecule has 5 nitrogen and oxygen atoms in total. The fourth-order valence-electron chi connectivity index (χ4n) is 2.16. The highest BCUT2D eigenvalue weighted by Crippen LogP contribution is 2.22. The van der Waals surface area contributed by atoms with E-state index in [1.807, 2.05) is 30.3 Å². The number of amides is 1. The molecule has 1 heterocycles. The van der Waals surface area contributed by atoms with Crippen LogP contribution in [0.4, 0.5) is 5.69 Å². The highest BCUT2D eigenvalue weighted by atomic mass is 16.5. The van der Waals surface area contributed by atoms with Gasteiger partial charge in [-0.2, -0.15) is 0 Å². The Bertz CT molecular complexity index is 900. The second kappa shape index (κ2) is 6.83. The number of para-hydroxylation sites is 1. The van der Waals surface area contributed by atoms with Gasteiger partial charge in [-0.05, 0) is 42.5 Å². The topological polar surface area (TPSA) is 60.3 Å². The highest BCUT2D eigenvalue weighted by molar-refractivity contribution is 6.04. The lowest BCUT2D eigenvalue weighted by molar-refractivity contribution is 0.102. The van der Waals surface area contributed by atoms with Crippen LogP contribution in [0.2, 0.25) is 0 Å². The van der Waals surface area contributed by atoms with Gasteiger partial charge in [0, 0.05) is 25.0 Å². The molecule has 0 radical (unpaired) electrons. The van der Waals surface area contributed by atoms with E-state index in [1.165, 1.54) is 22.9 Å². The first kappa shape index (κ1) is 15.6. The molecule has 1 N–H and O–H groups in total. The van der Waals surface area contributed by atoms with Gasteiger partial charge in [0.05, 0.1) is 5.56 Å². The first-order valence-corrected chi connectivity index (χ1v) is 7.43. The molecule has 24 heavy (non-hydrogen) atoms. The Kier molecular flexibility index (Phi) is 4.43. The lowest BCUT2D eigenvalue weighted by Gasteiger charge is -2.08. The number of anilines is 1. The molecule has 5 heteroatoms. The van der Waals surface area contributed by atoms with Crippen molar-refractivity contribution in [1.29, 1.82) is 0 Å². The SMILES string of the molecule is Cn1cc(C(=O)Nc2ccc(Oc3ccccc3)cc2)ccc1=O. The van der Waals surface area contributed by atoms with E-state index >= 15 is 0 Å². The van der Waals surface area contributed by atoms with Crippen molar-refractivity contribution in [2.24, 2.45) is 7.05 Å². The molecule has 0 bridgehead atoms. The molecule has 0 unspecified atom stereocenters. The standard InChI is InChI=1S/C19H16N2O3/c1-21-13-14(7-12-18(21)22)19(23)20-15-8-10-17(11-9-15)24-16-5-3-2-4-6-16/h2-13H,1H3,(H,20,23). The molecule has 0 saturated carbocycles. The van der Waals surface area contributed by atoms with Crippen LogP contribution in [0.3, 0.4) is 0 Å². The van der Waals surface area contributed by atoms with E-state index in [1.54, 1.807) is 31.3 Å². The van der Waals surface area contributed by atoms with Crippen LogP contribution in [-0.4, -0.2) is 10.5 Å². The summed E-state index contributed by atoms with van der Waals surface area (Å²) in [6, 6.07) is 19.4. The van der Waals surface area contributed by atoms with E-state index in [-0.39, 0.29) is 11.5 Å². The van der Waals surface area contributed by atoms with Crippen LogP contribution >= 0.6 is 0 Å². The van der Waals surface area contributed by atoms with E-state index in [9.17, 15) is 9.59 Å². The van der Waals surface area contributed by atoms with E-state index in [0.29, 0.717) is 17.0 Å². The number of nitrogens with zero attached hydrogens (tertiary/aromatic N) is 1. The monoisotopic (exact) mass is 320 g/mol. The average Bonchev–Trinajstić information content (AvgIpc) is 2.60. The minimum atomic E-state index is -0.276. The van der Waals surface area contributed by atoms with Crippen LogP contribution in [0.25, 0.3) is 0 Å². The number of carbonyl (C=O) groups is 1. The van der Waals surface area contributed by atoms with Crippen LogP contribution in [0.5, 0.6) is 11.5 Å². The molecule has 0 fully saturated rings. The Morgan fingerprint density at radius 1 is 0.917 bits per heavy atom. The van der Waals surface area contributed by atoms with Gasteiger partial charge in [0.1, 0.15) is 11.5 Å². The minimum Gasteiger partial charge on any atom is -0.457 e. The molecule has 3 aromatic rings. The summed E-state index contributed by atoms with van der Waals surface area (Å²) in [7, 11) is 1.61. The number of carbonyl (C=O) groups excluding carboxylic acids is 1. The summed E-state index contributed by atoms with van der Waals surface area (Å²) in [5.74, 6) is 1.16. The first-order chi connectivity index (χ1) is 11.6. The number of aryl methyl sites for hydroxylation is 1. The molecule has 120 valence electrons. The molecule has 1 amide bonds. The summed E-state index contributed by atoms with van der Waals surface area (Å²) in [4.78, 5) is 23.6. The lowest BCUT2D eigenvalue weighted by atomic mass is 10.2. The summed E-state index contributed by atoms with van der Waals surface area (Å²) in [5.41, 5.74) is 0.907. The molecule has 0 aliphatic heterocycles. The third-order valence-corrected chi connectivity index (χ3v) is 3.44. The van der Waals surface area contributed by atoms with Crippen LogP contribution in [0, 0.1) is 0 Å². The lowest BCUT2D eigenvalue weighted by Crippen LogP contribution is -2.19. The fraction of sp³-hybridized carbons (Fsp3) is 0.0526. The number of benzene rings is 2. The van der Waals surface area contributed by atoms with Gasteiger partial charge in [-0.1, -0.05) is 18.2 Å². The maximum atomic E-state index is 12.2. The largest absolute Gasteiger partial charge is 0.457 e. The Labute approximate surface area is 139 Å². The molecule has 0 saturated heterocycles. The number of hydrogen-bond acceptors (Lipinski definition) is 3. The molecular weight excluding hydrogens is 304 g/mol. The summed E-state index contributed by atoms with van der Waals surface area (Å²) >= 11 is 0. The normalized spacial score (nSPS) is 10.2. The van der Waals surface area contributed by atoms with Gasteiger partial charge in [0.2, 0.25) is 5.56 Å². The fourth-order valence-corrected chi connectivity index (χ4v) is 2.16. The van der Waals surface area contributed by atoms with Crippen molar-refractivity contribution in [1.82, 2.24) is 4.57 Å². The second-order valence-electron chi connectivity index (χ2n) is 5.26. The van der Waals surface area contributed by atoms with Crippen LogP contribution in [0.1, 0.15) is 10.4 Å². The zero-order chi connectivity index (χ0) is 16.9. The average molecular weight is 320 g/mol. The molecule has 0 spiro atoms. The zero-order valence-electron chi connectivity index (χ0n) is 13.1. The van der Waals surface area contributed by atoms with Gasteiger partial charge in [-0.3, -0.25) is 9.59 Å². The quantitative estimate of drug-likeness (QED) is 0.801. The number of hydrogen-bond donors (Lipinski definition) is 1. The number of ether oxygens (including phenoxy) is 1. The van der Waals surface area contributed by atoms with Crippen molar-refractivity contribution in [2.45, 2.75) is 0 Å². The van der Waals surface area contributed by atoms with Gasteiger partial charge in [0.25, 0.3) is 5.91 Å². The smallest absolute Gasteiger partial charge is 0.257 e. The van der Waals surface area contributed by atoms with E-state index in [0.717, 1.165) is 5.75 Å². The Hall–Kier alpha value is -3.34. The van der Waals surface area contributed by atoms with E-state index in [4.69, 9.17) is 4.74 Å². The number of aromatic nitrogens is 1. The van der Waals surface area contributed by atoms with E-state index < -0.39 is 0 Å². The summed E-state index contributed by atoms with van der Waals surface area (Å²) in [5, 5.41) is 2.79. The van der Waals surface area contributed by atoms with Gasteiger partial charge < -0.3 is 14.6 Å². The molecule has 0 atom stereocenters. The highest BCUT2D eigenvalue weighted by Gasteiger charge is 2.07. The van der Waals surface area contributed by atoms with Crippen LogP contribution in [0.15, 0.2) is 77.7 Å². The van der Waals surface area contributed by atoms with Crippen molar-refractivity contribution in [3.05, 3.63) is 88.8 Å². The third-order valence-electron chi connectivity index (χ3n) is 3.44. The maximum absolute atomic E-state index is 12.2. The molecule has 1 aromatic heterocycles. The number of nitrogens with one attached hydrogen (secondary N) is 1. The third kappa shape index (κ3) is 3.70. The van der Waals surface area contributed by atoms with Crippen molar-refractivity contribution < 1.29 is 9.53 Å². The Morgan fingerprint density at radius 2 is 1.58 bits per heavy atom. The molecule has 0 aliphatic rings. The van der Waals surface area contributed by atoms with Crippen LogP contribution in [-0.2, 0) is 7.05 Å². The summed E-state index contributed by atoms with van der Waals surface area (Å²) in [6.07, 6.45) is 1.50. The van der Waals surface area contributed by atoms with Gasteiger partial charge >= 0.3 is 0 Å². The Morgan fingerprint density at radius 3 is 2.25 bits per heavy atom. The number of rotatable bonds is 4. The van der Waals surface area contributed by atoms with Gasteiger partial charge in [-0.25, -0.2) is 0 Å². The first-order valence-electron chi connectivity index (χ1n) is 7.43. The van der Waals surface area contributed by atoms with E-state index in [2.05, 4.69) is 5.32 Å². The predicted molar refractivity (Wildman–Crippen MR) is 92.6 cm³/mol. The summed E-state index contributed by atoms with van der Waals surface area (Å²) < 4.78 is 7.07. The van der Waals surface area contributed by atoms with Crippen molar-refractivity contribution in [3.63, 3.8) is 0 Å². The summed E-state index contributed by atoms with van der Waals surface area (Å²) in [6.45, 7) is 0. The molecule has 2 aromatic carbocycles. The Balaban J connectivity index is 1.68. The second-order valence-corrected chi connectivity index (χ2v) is 5.26. The minimum absolute atomic E-state index is 0.158. The van der Waals surface area contributed by atoms with Crippen molar-refractivity contribution in [3.8, 4) is 11.5 Å².